The predicted molar refractivity (Wildman–Crippen MR) is 62.7 cm³/mol. The van der Waals surface area contributed by atoms with Crippen LogP contribution in [0.25, 0.3) is 0 Å². The molecule has 0 aliphatic rings. The summed E-state index contributed by atoms with van der Waals surface area (Å²) in [7, 11) is 0. The van der Waals surface area contributed by atoms with Crippen LogP contribution in [0.2, 0.25) is 0 Å². The highest BCUT2D eigenvalue weighted by Crippen LogP contribution is 2.21. The topological polar surface area (TPSA) is 57.3 Å². The van der Waals surface area contributed by atoms with Gasteiger partial charge >= 0.3 is 5.97 Å². The molecule has 0 aliphatic heterocycles. The smallest absolute Gasteiger partial charge is 0.344 e. The molecule has 1 heterocycles. The van der Waals surface area contributed by atoms with Gasteiger partial charge in [0.25, 0.3) is 0 Å². The van der Waals surface area contributed by atoms with E-state index in [4.69, 9.17) is 17.6 Å². The average molecular weight is 245 g/mol. The lowest BCUT2D eigenvalue weighted by Crippen LogP contribution is -2.50. The minimum atomic E-state index is -1.19. The molecule has 16 heavy (non-hydrogen) atoms. The molecule has 0 radical (unpaired) electrons. The molecule has 5 heteroatoms. The van der Waals surface area contributed by atoms with E-state index >= 15 is 0 Å². The van der Waals surface area contributed by atoms with Crippen molar-refractivity contribution in [1.82, 2.24) is 4.57 Å². The lowest BCUT2D eigenvalue weighted by atomic mass is 10.0. The van der Waals surface area contributed by atoms with Crippen LogP contribution in [0.5, 0.6) is 0 Å². The molecule has 1 rings (SSSR count). The van der Waals surface area contributed by atoms with Crippen LogP contribution in [-0.2, 0) is 14.7 Å². The van der Waals surface area contributed by atoms with Crippen molar-refractivity contribution in [2.75, 3.05) is 0 Å². The number of carbonyl (C=O) groups excluding carboxylic acids is 1. The van der Waals surface area contributed by atoms with Crippen LogP contribution in [0, 0.1) is 0 Å². The number of hydrogen-bond donors (Lipinski definition) is 1. The molecule has 0 amide bonds. The lowest BCUT2D eigenvalue weighted by molar-refractivity contribution is -0.144. The molecule has 2 N–H and O–H groups in total. The first-order valence-electron chi connectivity index (χ1n) is 5.40. The van der Waals surface area contributed by atoms with Gasteiger partial charge in [0.15, 0.2) is 5.66 Å². The first-order valence-corrected chi connectivity index (χ1v) is 5.71. The maximum atomic E-state index is 11.6. The zero-order valence-corrected chi connectivity index (χ0v) is 10.1. The molecule has 0 aromatic carbocycles. The Morgan fingerprint density at radius 2 is 2.06 bits per heavy atom. The van der Waals surface area contributed by atoms with Crippen LogP contribution in [-0.4, -0.2) is 10.5 Å². The van der Waals surface area contributed by atoms with E-state index in [-0.39, 0.29) is 0 Å². The molecule has 4 nitrogen and oxygen atoms in total. The number of hydrogen-bond acceptors (Lipinski definition) is 3. The van der Waals surface area contributed by atoms with Gasteiger partial charge < -0.3 is 8.86 Å². The summed E-state index contributed by atoms with van der Waals surface area (Å²) in [6, 6.07) is 3.62. The van der Waals surface area contributed by atoms with E-state index < -0.39 is 11.6 Å². The van der Waals surface area contributed by atoms with E-state index in [1.165, 1.54) is 0 Å². The number of nitrogens with zero attached hydrogens (tertiary/aromatic N) is 1. The molecule has 90 valence electrons. The van der Waals surface area contributed by atoms with Gasteiger partial charge in [-0.3, -0.25) is 5.73 Å². The molecule has 0 bridgehead atoms. The Morgan fingerprint density at radius 3 is 2.56 bits per heavy atom. The van der Waals surface area contributed by atoms with Crippen LogP contribution in [0.15, 0.2) is 24.5 Å². The maximum absolute atomic E-state index is 11.6. The van der Waals surface area contributed by atoms with E-state index in [1.54, 1.807) is 17.0 Å². The van der Waals surface area contributed by atoms with Crippen LogP contribution in [0.3, 0.4) is 0 Å². The Kier molecular flexibility index (Phi) is 4.83. The third kappa shape index (κ3) is 2.77. The van der Waals surface area contributed by atoms with Crippen LogP contribution in [0.4, 0.5) is 0 Å². The molecular weight excluding hydrogens is 228 g/mol. The lowest BCUT2D eigenvalue weighted by Gasteiger charge is -2.27. The average Bonchev–Trinajstić information content (AvgIpc) is 2.82. The van der Waals surface area contributed by atoms with E-state index in [0.29, 0.717) is 6.42 Å². The molecule has 1 unspecified atom stereocenters. The minimum Gasteiger partial charge on any atom is -0.344 e. The number of nitrogens with two attached hydrogens (primary N) is 1. The summed E-state index contributed by atoms with van der Waals surface area (Å²) < 4.78 is 5.89. The molecule has 0 spiro atoms. The fourth-order valence-electron chi connectivity index (χ4n) is 1.65. The summed E-state index contributed by atoms with van der Waals surface area (Å²) >= 11 is 5.12. The fraction of sp³-hybridized carbons (Fsp3) is 0.545. The molecule has 1 aromatic heterocycles. The molecule has 1 atom stereocenters. The van der Waals surface area contributed by atoms with Gasteiger partial charge in [-0.15, -0.1) is 0 Å². The van der Waals surface area contributed by atoms with E-state index in [9.17, 15) is 4.79 Å². The van der Waals surface area contributed by atoms with Gasteiger partial charge in [0.1, 0.15) is 11.9 Å². The number of aromatic nitrogens is 1. The summed E-state index contributed by atoms with van der Waals surface area (Å²) in [4.78, 5) is 11.6. The van der Waals surface area contributed by atoms with Gasteiger partial charge in [0, 0.05) is 12.4 Å². The molecule has 0 aliphatic carbocycles. The monoisotopic (exact) mass is 244 g/mol. The van der Waals surface area contributed by atoms with Crippen molar-refractivity contribution in [3.05, 3.63) is 24.5 Å². The first-order chi connectivity index (χ1) is 7.65. The third-order valence-corrected chi connectivity index (χ3v) is 2.79. The highest BCUT2D eigenvalue weighted by atomic mass is 35.5. The van der Waals surface area contributed by atoms with Crippen molar-refractivity contribution in [3.8, 4) is 0 Å². The summed E-state index contributed by atoms with van der Waals surface area (Å²) in [5.74, 6) is -0.624. The SMILES string of the molecule is CCCCCC(N)(C(=O)OCl)n1cccc1. The second kappa shape index (κ2) is 5.92. The van der Waals surface area contributed by atoms with Crippen molar-refractivity contribution in [3.63, 3.8) is 0 Å². The van der Waals surface area contributed by atoms with Gasteiger partial charge in [0.2, 0.25) is 0 Å². The fourth-order valence-corrected chi connectivity index (χ4v) is 1.78. The van der Waals surface area contributed by atoms with E-state index in [2.05, 4.69) is 11.2 Å². The zero-order chi connectivity index (χ0) is 12.0. The third-order valence-electron chi connectivity index (χ3n) is 2.65. The summed E-state index contributed by atoms with van der Waals surface area (Å²) in [6.07, 6.45) is 6.94. The zero-order valence-electron chi connectivity index (χ0n) is 9.36. The molecule has 0 saturated heterocycles. The molecule has 1 aromatic rings. The molecule has 0 saturated carbocycles. The minimum absolute atomic E-state index is 0.515. The first kappa shape index (κ1) is 13.1. The Morgan fingerprint density at radius 1 is 1.44 bits per heavy atom. The molecular formula is C11H17ClN2O2. The second-order valence-corrected chi connectivity index (χ2v) is 3.99. The van der Waals surface area contributed by atoms with E-state index in [1.807, 2.05) is 12.1 Å². The van der Waals surface area contributed by atoms with E-state index in [0.717, 1.165) is 19.3 Å². The normalized spacial score (nSPS) is 14.4. The summed E-state index contributed by atoms with van der Waals surface area (Å²) in [6.45, 7) is 2.09. The Bertz CT molecular complexity index is 327. The van der Waals surface area contributed by atoms with Crippen molar-refractivity contribution >= 4 is 17.8 Å². The predicted octanol–water partition coefficient (Wildman–Crippen LogP) is 2.38. The summed E-state index contributed by atoms with van der Waals surface area (Å²) in [5.41, 5.74) is 4.87. The number of carbonyl (C=O) groups is 1. The van der Waals surface area contributed by atoms with Crippen molar-refractivity contribution in [2.24, 2.45) is 5.73 Å². The quantitative estimate of drug-likeness (QED) is 0.782. The number of rotatable bonds is 6. The maximum Gasteiger partial charge on any atom is 0.365 e. The number of halogens is 1. The Hall–Kier alpha value is -1.00. The van der Waals surface area contributed by atoms with Gasteiger partial charge in [0.05, 0.1) is 0 Å². The van der Waals surface area contributed by atoms with Crippen LogP contribution < -0.4 is 5.73 Å². The van der Waals surface area contributed by atoms with Gasteiger partial charge in [-0.25, -0.2) is 4.79 Å². The largest absolute Gasteiger partial charge is 0.365 e. The Balaban J connectivity index is 2.81. The second-order valence-electron chi connectivity index (χ2n) is 3.84. The van der Waals surface area contributed by atoms with Crippen molar-refractivity contribution in [1.29, 1.82) is 0 Å². The summed E-state index contributed by atoms with van der Waals surface area (Å²) in [5, 5.41) is 0. The highest BCUT2D eigenvalue weighted by molar-refractivity contribution is 6.14. The standard InChI is InChI=1S/C11H17ClN2O2/c1-2-3-4-7-11(13,10(15)16-12)14-8-5-6-9-14/h5-6,8-9H,2-4,7,13H2,1H3. The van der Waals surface area contributed by atoms with Gasteiger partial charge in [-0.05, 0) is 25.0 Å². The van der Waals surface area contributed by atoms with Crippen molar-refractivity contribution < 1.29 is 9.08 Å². The van der Waals surface area contributed by atoms with Gasteiger partial charge in [-0.1, -0.05) is 19.8 Å². The highest BCUT2D eigenvalue weighted by Gasteiger charge is 2.36. The Labute approximate surface area is 100 Å². The van der Waals surface area contributed by atoms with Crippen molar-refractivity contribution in [2.45, 2.75) is 38.3 Å². The van der Waals surface area contributed by atoms with Crippen LogP contribution in [0.1, 0.15) is 32.6 Å². The molecule has 0 fully saturated rings. The van der Waals surface area contributed by atoms with Gasteiger partial charge in [-0.2, -0.15) is 0 Å². The van der Waals surface area contributed by atoms with Crippen LogP contribution >= 0.6 is 11.9 Å². The number of unbranched alkanes of at least 4 members (excludes halogenated alkanes) is 2.